The number of ether oxygens (including phenoxy) is 1. The van der Waals surface area contributed by atoms with Crippen LogP contribution >= 0.6 is 11.3 Å². The van der Waals surface area contributed by atoms with E-state index in [-0.39, 0.29) is 0 Å². The summed E-state index contributed by atoms with van der Waals surface area (Å²) in [5.74, 6) is 0.877. The minimum absolute atomic E-state index is 0.741. The number of nitrogens with one attached hydrogen (secondary N) is 2. The standard InChI is InChI=1S/C23H27N7OS/c1-17-4-2-3-5-18(17)14-26-22-28-30-20(16-27-23(30)32-22)19-6-7-21(25-15-19)24-8-9-29-10-12-31-13-11-29/h2-7,15-16H,8-14H2,1H3,(H,24,25)(H,26,28). The maximum absolute atomic E-state index is 5.39. The molecule has 5 rings (SSSR count). The molecule has 4 aromatic rings. The zero-order valence-corrected chi connectivity index (χ0v) is 18.9. The SMILES string of the molecule is Cc1ccccc1CNc1nn2c(-c3ccc(NCCN4CCOCC4)nc3)cnc2s1. The van der Waals surface area contributed by atoms with Crippen molar-refractivity contribution in [2.75, 3.05) is 50.0 Å². The number of fused-ring (bicyclic) bond motifs is 1. The number of nitrogens with zero attached hydrogens (tertiary/aromatic N) is 5. The molecule has 3 aromatic heterocycles. The highest BCUT2D eigenvalue weighted by atomic mass is 32.1. The molecule has 9 heteroatoms. The molecule has 1 saturated heterocycles. The number of aryl methyl sites for hydroxylation is 1. The Balaban J connectivity index is 1.22. The van der Waals surface area contributed by atoms with E-state index in [0.717, 1.165) is 73.1 Å². The molecule has 0 unspecified atom stereocenters. The molecule has 0 bridgehead atoms. The Morgan fingerprint density at radius 1 is 1.03 bits per heavy atom. The molecule has 1 aliphatic rings. The summed E-state index contributed by atoms with van der Waals surface area (Å²) in [4.78, 5) is 12.4. The Morgan fingerprint density at radius 2 is 1.91 bits per heavy atom. The Labute approximate surface area is 191 Å². The van der Waals surface area contributed by atoms with Crippen molar-refractivity contribution in [2.24, 2.45) is 0 Å². The van der Waals surface area contributed by atoms with Crippen LogP contribution in [0.15, 0.2) is 48.8 Å². The van der Waals surface area contributed by atoms with Crippen molar-refractivity contribution in [1.29, 1.82) is 0 Å². The predicted octanol–water partition coefficient (Wildman–Crippen LogP) is 3.52. The number of rotatable bonds is 8. The van der Waals surface area contributed by atoms with Crippen LogP contribution in [0.2, 0.25) is 0 Å². The second-order valence-electron chi connectivity index (χ2n) is 7.84. The minimum Gasteiger partial charge on any atom is -0.379 e. The largest absolute Gasteiger partial charge is 0.379 e. The van der Waals surface area contributed by atoms with Gasteiger partial charge in [-0.05, 0) is 30.2 Å². The van der Waals surface area contributed by atoms with Gasteiger partial charge in [0.2, 0.25) is 10.1 Å². The van der Waals surface area contributed by atoms with Crippen molar-refractivity contribution in [1.82, 2.24) is 24.5 Å². The Kier molecular flexibility index (Phi) is 6.29. The number of benzene rings is 1. The van der Waals surface area contributed by atoms with Gasteiger partial charge in [-0.15, -0.1) is 5.10 Å². The Hall–Kier alpha value is -3.01. The Bertz CT molecular complexity index is 1160. The van der Waals surface area contributed by atoms with Crippen LogP contribution in [0.1, 0.15) is 11.1 Å². The lowest BCUT2D eigenvalue weighted by atomic mass is 10.1. The third kappa shape index (κ3) is 4.74. The van der Waals surface area contributed by atoms with Crippen molar-refractivity contribution in [3.05, 3.63) is 59.9 Å². The number of morpholine rings is 1. The fraction of sp³-hybridized carbons (Fsp3) is 0.348. The first-order chi connectivity index (χ1) is 15.8. The smallest absolute Gasteiger partial charge is 0.214 e. The molecule has 2 N–H and O–H groups in total. The summed E-state index contributed by atoms with van der Waals surface area (Å²) in [7, 11) is 0. The van der Waals surface area contributed by atoms with Crippen molar-refractivity contribution in [3.8, 4) is 11.3 Å². The quantitative estimate of drug-likeness (QED) is 0.426. The first-order valence-electron chi connectivity index (χ1n) is 10.9. The summed E-state index contributed by atoms with van der Waals surface area (Å²) in [6.45, 7) is 8.38. The van der Waals surface area contributed by atoms with Crippen LogP contribution < -0.4 is 10.6 Å². The van der Waals surface area contributed by atoms with Crippen LogP contribution in [0.5, 0.6) is 0 Å². The molecule has 166 valence electrons. The number of pyridine rings is 1. The van der Waals surface area contributed by atoms with Crippen LogP contribution in [0.4, 0.5) is 10.9 Å². The number of hydrogen-bond donors (Lipinski definition) is 2. The van der Waals surface area contributed by atoms with Crippen LogP contribution in [0.25, 0.3) is 16.2 Å². The molecule has 1 fully saturated rings. The third-order valence-electron chi connectivity index (χ3n) is 5.67. The molecule has 4 heterocycles. The number of anilines is 2. The molecule has 0 amide bonds. The van der Waals surface area contributed by atoms with Gasteiger partial charge in [0.05, 0.1) is 25.1 Å². The van der Waals surface area contributed by atoms with E-state index in [1.165, 1.54) is 11.1 Å². The maximum Gasteiger partial charge on any atom is 0.214 e. The van der Waals surface area contributed by atoms with E-state index < -0.39 is 0 Å². The molecule has 0 saturated carbocycles. The summed E-state index contributed by atoms with van der Waals surface area (Å²) in [6.07, 6.45) is 3.73. The Morgan fingerprint density at radius 3 is 2.72 bits per heavy atom. The van der Waals surface area contributed by atoms with Crippen LogP contribution in [0.3, 0.4) is 0 Å². The molecule has 0 spiro atoms. The second-order valence-corrected chi connectivity index (χ2v) is 8.79. The first kappa shape index (κ1) is 20.9. The zero-order chi connectivity index (χ0) is 21.8. The van der Waals surface area contributed by atoms with E-state index in [2.05, 4.69) is 62.8 Å². The van der Waals surface area contributed by atoms with E-state index in [9.17, 15) is 0 Å². The van der Waals surface area contributed by atoms with Gasteiger partial charge in [0, 0.05) is 44.5 Å². The van der Waals surface area contributed by atoms with Crippen molar-refractivity contribution >= 4 is 27.2 Å². The first-order valence-corrected chi connectivity index (χ1v) is 11.7. The summed E-state index contributed by atoms with van der Waals surface area (Å²) in [6, 6.07) is 12.4. The lowest BCUT2D eigenvalue weighted by Gasteiger charge is -2.26. The average Bonchev–Trinajstić information content (AvgIpc) is 3.40. The van der Waals surface area contributed by atoms with Gasteiger partial charge < -0.3 is 15.4 Å². The van der Waals surface area contributed by atoms with Crippen LogP contribution in [0, 0.1) is 6.92 Å². The van der Waals surface area contributed by atoms with Gasteiger partial charge in [0.25, 0.3) is 0 Å². The molecular formula is C23H27N7OS. The topological polar surface area (TPSA) is 79.6 Å². The molecule has 8 nitrogen and oxygen atoms in total. The molecule has 0 aliphatic carbocycles. The van der Waals surface area contributed by atoms with Gasteiger partial charge in [0.15, 0.2) is 0 Å². The molecule has 0 atom stereocenters. The second kappa shape index (κ2) is 9.64. The lowest BCUT2D eigenvalue weighted by Crippen LogP contribution is -2.39. The maximum atomic E-state index is 5.39. The number of aromatic nitrogens is 4. The summed E-state index contributed by atoms with van der Waals surface area (Å²) >= 11 is 1.55. The van der Waals surface area contributed by atoms with Gasteiger partial charge in [-0.1, -0.05) is 35.6 Å². The summed E-state index contributed by atoms with van der Waals surface area (Å²) in [5, 5.41) is 12.4. The average molecular weight is 450 g/mol. The van der Waals surface area contributed by atoms with E-state index in [1.54, 1.807) is 11.3 Å². The molecule has 1 aromatic carbocycles. The highest BCUT2D eigenvalue weighted by Gasteiger charge is 2.13. The molecule has 1 aliphatic heterocycles. The highest BCUT2D eigenvalue weighted by molar-refractivity contribution is 7.20. The van der Waals surface area contributed by atoms with Gasteiger partial charge in [-0.2, -0.15) is 0 Å². The van der Waals surface area contributed by atoms with Crippen molar-refractivity contribution < 1.29 is 4.74 Å². The van der Waals surface area contributed by atoms with Gasteiger partial charge in [-0.3, -0.25) is 4.90 Å². The van der Waals surface area contributed by atoms with Gasteiger partial charge in [-0.25, -0.2) is 14.5 Å². The van der Waals surface area contributed by atoms with Crippen molar-refractivity contribution in [2.45, 2.75) is 13.5 Å². The van der Waals surface area contributed by atoms with Crippen LogP contribution in [-0.4, -0.2) is 63.9 Å². The van der Waals surface area contributed by atoms with E-state index in [1.807, 2.05) is 23.0 Å². The lowest BCUT2D eigenvalue weighted by molar-refractivity contribution is 0.0398. The molecular weight excluding hydrogens is 422 g/mol. The summed E-state index contributed by atoms with van der Waals surface area (Å²) in [5.41, 5.74) is 4.47. The monoisotopic (exact) mass is 449 g/mol. The third-order valence-corrected chi connectivity index (χ3v) is 6.55. The predicted molar refractivity (Wildman–Crippen MR) is 128 cm³/mol. The van der Waals surface area contributed by atoms with E-state index in [0.29, 0.717) is 0 Å². The molecule has 32 heavy (non-hydrogen) atoms. The fourth-order valence-electron chi connectivity index (χ4n) is 3.76. The fourth-order valence-corrected chi connectivity index (χ4v) is 4.53. The number of hydrogen-bond acceptors (Lipinski definition) is 8. The van der Waals surface area contributed by atoms with Gasteiger partial charge in [0.1, 0.15) is 5.82 Å². The highest BCUT2D eigenvalue weighted by Crippen LogP contribution is 2.26. The normalized spacial score (nSPS) is 14.7. The van der Waals surface area contributed by atoms with E-state index in [4.69, 9.17) is 9.84 Å². The summed E-state index contributed by atoms with van der Waals surface area (Å²) < 4.78 is 7.28. The van der Waals surface area contributed by atoms with Crippen LogP contribution in [-0.2, 0) is 11.3 Å². The molecule has 0 radical (unpaired) electrons. The van der Waals surface area contributed by atoms with E-state index >= 15 is 0 Å². The van der Waals surface area contributed by atoms with Crippen molar-refractivity contribution in [3.63, 3.8) is 0 Å². The minimum atomic E-state index is 0.741. The number of imidazole rings is 1. The zero-order valence-electron chi connectivity index (χ0n) is 18.1. The van der Waals surface area contributed by atoms with Gasteiger partial charge >= 0.3 is 0 Å².